The SMILES string of the molecule is C=CC[C@H]1CC[C@H](CC/C=C/[C@H]2CC[C@H](/C=C/C)CC2)CC1. The van der Waals surface area contributed by atoms with Crippen LogP contribution in [0.5, 0.6) is 0 Å². The fraction of sp³-hybridized carbons (Fsp3) is 0.727. The van der Waals surface area contributed by atoms with Crippen molar-refractivity contribution < 1.29 is 0 Å². The van der Waals surface area contributed by atoms with Crippen LogP contribution in [0.3, 0.4) is 0 Å². The monoisotopic (exact) mass is 300 g/mol. The van der Waals surface area contributed by atoms with E-state index in [2.05, 4.69) is 43.9 Å². The van der Waals surface area contributed by atoms with Gasteiger partial charge < -0.3 is 0 Å². The minimum Gasteiger partial charge on any atom is -0.103 e. The molecule has 0 atom stereocenters. The second-order valence-corrected chi connectivity index (χ2v) is 7.62. The van der Waals surface area contributed by atoms with E-state index in [1.165, 1.54) is 70.6 Å². The molecule has 2 saturated carbocycles. The summed E-state index contributed by atoms with van der Waals surface area (Å²) < 4.78 is 0. The maximum absolute atomic E-state index is 3.88. The van der Waals surface area contributed by atoms with Gasteiger partial charge in [0.15, 0.2) is 0 Å². The molecule has 0 unspecified atom stereocenters. The lowest BCUT2D eigenvalue weighted by atomic mass is 9.78. The summed E-state index contributed by atoms with van der Waals surface area (Å²) in [4.78, 5) is 0. The van der Waals surface area contributed by atoms with Gasteiger partial charge in [-0.3, -0.25) is 0 Å². The van der Waals surface area contributed by atoms with Gasteiger partial charge in [0.05, 0.1) is 0 Å². The second-order valence-electron chi connectivity index (χ2n) is 7.62. The van der Waals surface area contributed by atoms with E-state index in [0.717, 1.165) is 23.7 Å². The Morgan fingerprint density at radius 3 is 2.00 bits per heavy atom. The summed E-state index contributed by atoms with van der Waals surface area (Å²) in [7, 11) is 0. The Hall–Kier alpha value is -0.780. The molecule has 0 aromatic carbocycles. The second kappa shape index (κ2) is 10.1. The highest BCUT2D eigenvalue weighted by Gasteiger charge is 2.20. The van der Waals surface area contributed by atoms with Crippen LogP contribution in [0, 0.1) is 23.7 Å². The third-order valence-electron chi connectivity index (χ3n) is 5.90. The molecule has 0 saturated heterocycles. The number of hydrogen-bond donors (Lipinski definition) is 0. The van der Waals surface area contributed by atoms with Gasteiger partial charge in [-0.05, 0) is 88.4 Å². The van der Waals surface area contributed by atoms with Gasteiger partial charge in [0, 0.05) is 0 Å². The van der Waals surface area contributed by atoms with Crippen LogP contribution < -0.4 is 0 Å². The third kappa shape index (κ3) is 6.15. The van der Waals surface area contributed by atoms with Gasteiger partial charge in [0.2, 0.25) is 0 Å². The van der Waals surface area contributed by atoms with Gasteiger partial charge in [-0.1, -0.05) is 43.2 Å². The van der Waals surface area contributed by atoms with Crippen molar-refractivity contribution in [2.75, 3.05) is 0 Å². The van der Waals surface area contributed by atoms with Crippen molar-refractivity contribution in [2.24, 2.45) is 23.7 Å². The maximum atomic E-state index is 3.88. The summed E-state index contributed by atoms with van der Waals surface area (Å²) >= 11 is 0. The first kappa shape index (κ1) is 17.6. The predicted molar refractivity (Wildman–Crippen MR) is 98.9 cm³/mol. The normalized spacial score (nSPS) is 33.5. The molecule has 0 radical (unpaired) electrons. The minimum atomic E-state index is 0.861. The molecule has 0 aromatic rings. The molecule has 2 rings (SSSR count). The van der Waals surface area contributed by atoms with Gasteiger partial charge in [0.25, 0.3) is 0 Å². The van der Waals surface area contributed by atoms with E-state index in [-0.39, 0.29) is 0 Å². The van der Waals surface area contributed by atoms with Crippen LogP contribution in [0.4, 0.5) is 0 Å². The Morgan fingerprint density at radius 2 is 1.41 bits per heavy atom. The summed E-state index contributed by atoms with van der Waals surface area (Å²) in [5, 5.41) is 0. The molecular weight excluding hydrogens is 264 g/mol. The highest BCUT2D eigenvalue weighted by Crippen LogP contribution is 2.34. The lowest BCUT2D eigenvalue weighted by Gasteiger charge is -2.27. The molecule has 0 aliphatic heterocycles. The van der Waals surface area contributed by atoms with Crippen LogP contribution in [-0.4, -0.2) is 0 Å². The van der Waals surface area contributed by atoms with Crippen LogP contribution in [0.2, 0.25) is 0 Å². The number of allylic oxidation sites excluding steroid dienone is 5. The van der Waals surface area contributed by atoms with Crippen LogP contribution >= 0.6 is 0 Å². The Morgan fingerprint density at radius 1 is 0.818 bits per heavy atom. The fourth-order valence-electron chi connectivity index (χ4n) is 4.41. The van der Waals surface area contributed by atoms with E-state index in [0.29, 0.717) is 0 Å². The molecule has 124 valence electrons. The average Bonchev–Trinajstić information content (AvgIpc) is 2.55. The maximum Gasteiger partial charge on any atom is -0.0233 e. The van der Waals surface area contributed by atoms with E-state index in [4.69, 9.17) is 0 Å². The standard InChI is InChI=1S/C22H36/c1-3-7-19-11-15-21(16-12-19)9-5-6-10-22-17-13-20(8-4-2)14-18-22/h3-4,6,8,10,19-22H,1,5,7,9,11-18H2,2H3/b8-4+,10-6+/t19-,20-,21-,22-. The Kier molecular flexibility index (Phi) is 8.05. The summed E-state index contributed by atoms with van der Waals surface area (Å²) in [6.45, 7) is 6.03. The summed E-state index contributed by atoms with van der Waals surface area (Å²) in [6.07, 6.45) is 27.1. The van der Waals surface area contributed by atoms with E-state index >= 15 is 0 Å². The highest BCUT2D eigenvalue weighted by atomic mass is 14.3. The van der Waals surface area contributed by atoms with Gasteiger partial charge in [-0.25, -0.2) is 0 Å². The Balaban J connectivity index is 1.56. The van der Waals surface area contributed by atoms with Crippen LogP contribution in [0.1, 0.15) is 77.6 Å². The van der Waals surface area contributed by atoms with Gasteiger partial charge in [-0.2, -0.15) is 0 Å². The molecule has 0 heterocycles. The smallest absolute Gasteiger partial charge is 0.0233 e. The lowest BCUT2D eigenvalue weighted by molar-refractivity contribution is 0.266. The Bertz CT molecular complexity index is 346. The van der Waals surface area contributed by atoms with Crippen LogP contribution in [-0.2, 0) is 0 Å². The zero-order chi connectivity index (χ0) is 15.6. The lowest BCUT2D eigenvalue weighted by Crippen LogP contribution is -2.14. The molecule has 0 heteroatoms. The molecule has 0 N–H and O–H groups in total. The first-order valence-electron chi connectivity index (χ1n) is 9.72. The number of rotatable bonds is 7. The van der Waals surface area contributed by atoms with Crippen molar-refractivity contribution >= 4 is 0 Å². The first-order valence-corrected chi connectivity index (χ1v) is 9.72. The largest absolute Gasteiger partial charge is 0.103 e. The molecule has 2 aliphatic carbocycles. The van der Waals surface area contributed by atoms with Gasteiger partial charge in [0.1, 0.15) is 0 Å². The van der Waals surface area contributed by atoms with E-state index in [1.807, 2.05) is 0 Å². The van der Waals surface area contributed by atoms with Gasteiger partial charge >= 0.3 is 0 Å². The number of hydrogen-bond acceptors (Lipinski definition) is 0. The molecule has 0 bridgehead atoms. The average molecular weight is 301 g/mol. The zero-order valence-corrected chi connectivity index (χ0v) is 14.7. The third-order valence-corrected chi connectivity index (χ3v) is 5.90. The van der Waals surface area contributed by atoms with Crippen molar-refractivity contribution in [1.82, 2.24) is 0 Å². The predicted octanol–water partition coefficient (Wildman–Crippen LogP) is 7.09. The molecule has 0 aromatic heterocycles. The van der Waals surface area contributed by atoms with Crippen molar-refractivity contribution in [3.63, 3.8) is 0 Å². The fourth-order valence-corrected chi connectivity index (χ4v) is 4.41. The molecule has 0 spiro atoms. The molecular formula is C22H36. The molecule has 22 heavy (non-hydrogen) atoms. The van der Waals surface area contributed by atoms with E-state index < -0.39 is 0 Å². The summed E-state index contributed by atoms with van der Waals surface area (Å²) in [5.74, 6) is 3.66. The van der Waals surface area contributed by atoms with Crippen molar-refractivity contribution in [1.29, 1.82) is 0 Å². The summed E-state index contributed by atoms with van der Waals surface area (Å²) in [6, 6.07) is 0. The zero-order valence-electron chi connectivity index (χ0n) is 14.7. The van der Waals surface area contributed by atoms with Crippen molar-refractivity contribution in [3.8, 4) is 0 Å². The topological polar surface area (TPSA) is 0 Å². The first-order chi connectivity index (χ1) is 10.8. The van der Waals surface area contributed by atoms with E-state index in [1.54, 1.807) is 0 Å². The summed E-state index contributed by atoms with van der Waals surface area (Å²) in [5.41, 5.74) is 0. The van der Waals surface area contributed by atoms with Gasteiger partial charge in [-0.15, -0.1) is 6.58 Å². The quantitative estimate of drug-likeness (QED) is 0.440. The molecule has 2 fully saturated rings. The highest BCUT2D eigenvalue weighted by molar-refractivity contribution is 4.95. The molecule has 0 nitrogen and oxygen atoms in total. The minimum absolute atomic E-state index is 0.861. The van der Waals surface area contributed by atoms with Crippen molar-refractivity contribution in [3.05, 3.63) is 37.0 Å². The van der Waals surface area contributed by atoms with E-state index in [9.17, 15) is 0 Å². The Labute approximate surface area is 138 Å². The molecule has 0 amide bonds. The van der Waals surface area contributed by atoms with Crippen LogP contribution in [0.15, 0.2) is 37.0 Å². The molecule has 2 aliphatic rings. The van der Waals surface area contributed by atoms with Crippen LogP contribution in [0.25, 0.3) is 0 Å². The van der Waals surface area contributed by atoms with Crippen molar-refractivity contribution in [2.45, 2.75) is 77.6 Å².